The van der Waals surface area contributed by atoms with Crippen molar-refractivity contribution in [2.75, 3.05) is 0 Å². The molecule has 1 aromatic carbocycles. The summed E-state index contributed by atoms with van der Waals surface area (Å²) in [5, 5.41) is 0. The number of fused-ring (bicyclic) bond motifs is 1. The molecule has 86 valence electrons. The summed E-state index contributed by atoms with van der Waals surface area (Å²) in [6.07, 6.45) is 5.86. The van der Waals surface area contributed by atoms with Crippen molar-refractivity contribution in [1.82, 2.24) is 0 Å². The minimum Gasteiger partial charge on any atom is -0.0622 e. The number of hydrogen-bond acceptors (Lipinski definition) is 0. The van der Waals surface area contributed by atoms with Crippen molar-refractivity contribution >= 4 is 0 Å². The Morgan fingerprint density at radius 1 is 1.12 bits per heavy atom. The first-order valence-corrected chi connectivity index (χ1v) is 6.77. The highest BCUT2D eigenvalue weighted by Gasteiger charge is 2.50. The van der Waals surface area contributed by atoms with Crippen LogP contribution in [-0.4, -0.2) is 0 Å². The van der Waals surface area contributed by atoms with Gasteiger partial charge in [-0.1, -0.05) is 57.0 Å². The van der Waals surface area contributed by atoms with Crippen LogP contribution in [-0.2, 0) is 5.41 Å². The Morgan fingerprint density at radius 3 is 2.56 bits per heavy atom. The van der Waals surface area contributed by atoms with Crippen LogP contribution in [0.2, 0.25) is 0 Å². The topological polar surface area (TPSA) is 0 Å². The van der Waals surface area contributed by atoms with Gasteiger partial charge in [0.2, 0.25) is 0 Å². The summed E-state index contributed by atoms with van der Waals surface area (Å²) >= 11 is 0. The lowest BCUT2D eigenvalue weighted by atomic mass is 9.72. The molecule has 3 rings (SSSR count). The van der Waals surface area contributed by atoms with Gasteiger partial charge in [0.1, 0.15) is 0 Å². The number of hydrogen-bond donors (Lipinski definition) is 0. The molecule has 0 saturated heterocycles. The highest BCUT2D eigenvalue weighted by Crippen LogP contribution is 2.57. The van der Waals surface area contributed by atoms with E-state index >= 15 is 0 Å². The molecule has 2 fully saturated rings. The van der Waals surface area contributed by atoms with Gasteiger partial charge < -0.3 is 0 Å². The standard InChI is InChI=1S/C16H22/c1-12-15-10-6-7-13(15)11-16(12,2)14-8-4-3-5-9-14/h3-5,8-9,12-13,15H,6-7,10-11H2,1-2H3. The van der Waals surface area contributed by atoms with Gasteiger partial charge in [0.05, 0.1) is 0 Å². The second-order valence-corrected chi connectivity index (χ2v) is 6.13. The lowest BCUT2D eigenvalue weighted by Gasteiger charge is -2.32. The van der Waals surface area contributed by atoms with Crippen molar-refractivity contribution in [2.24, 2.45) is 17.8 Å². The highest BCUT2D eigenvalue weighted by molar-refractivity contribution is 5.28. The Hall–Kier alpha value is -0.780. The van der Waals surface area contributed by atoms with Crippen LogP contribution in [0.5, 0.6) is 0 Å². The highest BCUT2D eigenvalue weighted by atomic mass is 14.5. The number of rotatable bonds is 1. The zero-order chi connectivity index (χ0) is 11.2. The van der Waals surface area contributed by atoms with Gasteiger partial charge in [-0.3, -0.25) is 0 Å². The van der Waals surface area contributed by atoms with E-state index in [0.29, 0.717) is 5.41 Å². The van der Waals surface area contributed by atoms with E-state index in [1.165, 1.54) is 25.7 Å². The van der Waals surface area contributed by atoms with E-state index in [1.54, 1.807) is 5.56 Å². The van der Waals surface area contributed by atoms with Gasteiger partial charge in [-0.2, -0.15) is 0 Å². The lowest BCUT2D eigenvalue weighted by molar-refractivity contribution is 0.301. The summed E-state index contributed by atoms with van der Waals surface area (Å²) in [5.41, 5.74) is 2.01. The molecule has 2 saturated carbocycles. The zero-order valence-corrected chi connectivity index (χ0v) is 10.4. The van der Waals surface area contributed by atoms with Crippen molar-refractivity contribution < 1.29 is 0 Å². The first kappa shape index (κ1) is 10.4. The van der Waals surface area contributed by atoms with Gasteiger partial charge in [-0.15, -0.1) is 0 Å². The van der Waals surface area contributed by atoms with Gasteiger partial charge in [-0.05, 0) is 41.6 Å². The molecule has 4 unspecified atom stereocenters. The van der Waals surface area contributed by atoms with Crippen LogP contribution in [0.25, 0.3) is 0 Å². The van der Waals surface area contributed by atoms with Crippen molar-refractivity contribution in [3.63, 3.8) is 0 Å². The molecular formula is C16H22. The number of benzene rings is 1. The summed E-state index contributed by atoms with van der Waals surface area (Å²) in [7, 11) is 0. The van der Waals surface area contributed by atoms with E-state index in [9.17, 15) is 0 Å². The maximum absolute atomic E-state index is 2.49. The Morgan fingerprint density at radius 2 is 1.88 bits per heavy atom. The maximum atomic E-state index is 2.49. The largest absolute Gasteiger partial charge is 0.0622 e. The second-order valence-electron chi connectivity index (χ2n) is 6.13. The van der Waals surface area contributed by atoms with E-state index < -0.39 is 0 Å². The van der Waals surface area contributed by atoms with Crippen molar-refractivity contribution in [3.05, 3.63) is 35.9 Å². The molecule has 0 heteroatoms. The normalized spacial score (nSPS) is 42.2. The summed E-state index contributed by atoms with van der Waals surface area (Å²) in [6.45, 7) is 4.98. The van der Waals surface area contributed by atoms with E-state index in [2.05, 4.69) is 44.2 Å². The average Bonchev–Trinajstić information content (AvgIpc) is 2.84. The second kappa shape index (κ2) is 3.61. The molecule has 4 atom stereocenters. The smallest absolute Gasteiger partial charge is 0.00442 e. The summed E-state index contributed by atoms with van der Waals surface area (Å²) in [4.78, 5) is 0. The summed E-state index contributed by atoms with van der Waals surface area (Å²) < 4.78 is 0. The van der Waals surface area contributed by atoms with Crippen LogP contribution >= 0.6 is 0 Å². The molecule has 0 amide bonds. The quantitative estimate of drug-likeness (QED) is 0.650. The SMILES string of the molecule is CC1C2CCCC2CC1(C)c1ccccc1. The summed E-state index contributed by atoms with van der Waals surface area (Å²) in [5.74, 6) is 2.88. The zero-order valence-electron chi connectivity index (χ0n) is 10.4. The molecule has 0 aromatic heterocycles. The molecule has 0 spiro atoms. The molecule has 0 N–H and O–H groups in total. The van der Waals surface area contributed by atoms with Gasteiger partial charge in [0.15, 0.2) is 0 Å². The van der Waals surface area contributed by atoms with Crippen molar-refractivity contribution in [3.8, 4) is 0 Å². The van der Waals surface area contributed by atoms with E-state index in [-0.39, 0.29) is 0 Å². The van der Waals surface area contributed by atoms with Crippen LogP contribution in [0.4, 0.5) is 0 Å². The van der Waals surface area contributed by atoms with E-state index in [4.69, 9.17) is 0 Å². The van der Waals surface area contributed by atoms with Gasteiger partial charge in [0, 0.05) is 0 Å². The third kappa shape index (κ3) is 1.35. The van der Waals surface area contributed by atoms with Crippen LogP contribution in [0.3, 0.4) is 0 Å². The minimum atomic E-state index is 0.441. The van der Waals surface area contributed by atoms with Gasteiger partial charge in [0.25, 0.3) is 0 Å². The predicted octanol–water partition coefficient (Wildman–Crippen LogP) is 4.40. The molecule has 2 aliphatic carbocycles. The van der Waals surface area contributed by atoms with Crippen LogP contribution in [0.15, 0.2) is 30.3 Å². The van der Waals surface area contributed by atoms with Crippen LogP contribution < -0.4 is 0 Å². The molecular weight excluding hydrogens is 192 g/mol. The van der Waals surface area contributed by atoms with Gasteiger partial charge >= 0.3 is 0 Å². The Kier molecular flexibility index (Phi) is 2.34. The van der Waals surface area contributed by atoms with Gasteiger partial charge in [-0.25, -0.2) is 0 Å². The molecule has 0 aliphatic heterocycles. The molecule has 2 aliphatic rings. The lowest BCUT2D eigenvalue weighted by Crippen LogP contribution is -2.27. The monoisotopic (exact) mass is 214 g/mol. The molecule has 0 nitrogen and oxygen atoms in total. The first-order valence-electron chi connectivity index (χ1n) is 6.77. The summed E-state index contributed by atoms with van der Waals surface area (Å²) in [6, 6.07) is 11.2. The van der Waals surface area contributed by atoms with Crippen LogP contribution in [0, 0.1) is 17.8 Å². The third-order valence-electron chi connectivity index (χ3n) is 5.48. The predicted molar refractivity (Wildman–Crippen MR) is 68.4 cm³/mol. The molecule has 0 bridgehead atoms. The van der Waals surface area contributed by atoms with E-state index in [0.717, 1.165) is 17.8 Å². The Labute approximate surface area is 99.1 Å². The minimum absolute atomic E-state index is 0.441. The Balaban J connectivity index is 1.95. The van der Waals surface area contributed by atoms with Crippen LogP contribution in [0.1, 0.15) is 45.1 Å². The molecule has 0 radical (unpaired) electrons. The maximum Gasteiger partial charge on any atom is -0.00442 e. The Bertz CT molecular complexity index is 367. The molecule has 16 heavy (non-hydrogen) atoms. The molecule has 0 heterocycles. The molecule has 1 aromatic rings. The fourth-order valence-corrected chi connectivity index (χ4v) is 4.38. The van der Waals surface area contributed by atoms with Crippen molar-refractivity contribution in [1.29, 1.82) is 0 Å². The fraction of sp³-hybridized carbons (Fsp3) is 0.625. The first-order chi connectivity index (χ1) is 7.72. The average molecular weight is 214 g/mol. The third-order valence-corrected chi connectivity index (χ3v) is 5.48. The fourth-order valence-electron chi connectivity index (χ4n) is 4.38. The van der Waals surface area contributed by atoms with E-state index in [1.807, 2.05) is 0 Å². The van der Waals surface area contributed by atoms with Crippen molar-refractivity contribution in [2.45, 2.75) is 44.9 Å².